The second-order valence-corrected chi connectivity index (χ2v) is 5.40. The second-order valence-electron chi connectivity index (χ2n) is 5.40. The average molecular weight is 267 g/mol. The second kappa shape index (κ2) is 6.40. The molecule has 20 heavy (non-hydrogen) atoms. The zero-order chi connectivity index (χ0) is 14.5. The largest absolute Gasteiger partial charge is 0.350 e. The summed E-state index contributed by atoms with van der Waals surface area (Å²) in [5, 5.41) is 12.5. The normalized spacial score (nSPS) is 12.3. The van der Waals surface area contributed by atoms with E-state index in [0.29, 0.717) is 12.0 Å². The van der Waals surface area contributed by atoms with Gasteiger partial charge in [-0.3, -0.25) is 0 Å². The average Bonchev–Trinajstić information content (AvgIpc) is 2.88. The van der Waals surface area contributed by atoms with E-state index >= 15 is 0 Å². The van der Waals surface area contributed by atoms with E-state index in [0.717, 1.165) is 17.7 Å². The van der Waals surface area contributed by atoms with Crippen molar-refractivity contribution in [3.63, 3.8) is 0 Å². The molecule has 1 aromatic heterocycles. The van der Waals surface area contributed by atoms with Gasteiger partial charge in [-0.25, -0.2) is 0 Å². The number of aromatic nitrogens is 1. The molecule has 3 nitrogen and oxygen atoms in total. The van der Waals surface area contributed by atoms with Crippen LogP contribution in [0.25, 0.3) is 0 Å². The third-order valence-corrected chi connectivity index (χ3v) is 3.60. The lowest BCUT2D eigenvalue weighted by Gasteiger charge is -2.18. The fourth-order valence-electron chi connectivity index (χ4n) is 2.59. The maximum atomic E-state index is 9.13. The van der Waals surface area contributed by atoms with Crippen molar-refractivity contribution in [2.45, 2.75) is 26.4 Å². The highest BCUT2D eigenvalue weighted by atomic mass is 15.0. The molecular weight excluding hydrogens is 246 g/mol. The Hall–Kier alpha value is -2.05. The van der Waals surface area contributed by atoms with Crippen LogP contribution in [0.5, 0.6) is 0 Å². The van der Waals surface area contributed by atoms with Gasteiger partial charge in [0.15, 0.2) is 0 Å². The summed E-state index contributed by atoms with van der Waals surface area (Å²) in [6.07, 6.45) is 4.24. The van der Waals surface area contributed by atoms with Crippen LogP contribution in [0.15, 0.2) is 42.7 Å². The van der Waals surface area contributed by atoms with Gasteiger partial charge in [-0.1, -0.05) is 32.0 Å². The zero-order valence-corrected chi connectivity index (χ0v) is 12.3. The third-order valence-electron chi connectivity index (χ3n) is 3.60. The van der Waals surface area contributed by atoms with Crippen LogP contribution in [0.1, 0.15) is 36.6 Å². The van der Waals surface area contributed by atoms with E-state index < -0.39 is 0 Å². The monoisotopic (exact) mass is 267 g/mol. The number of rotatable bonds is 5. The molecule has 3 heteroatoms. The molecule has 104 valence electrons. The summed E-state index contributed by atoms with van der Waals surface area (Å²) in [6, 6.07) is 12.5. The molecule has 1 N–H and O–H groups in total. The van der Waals surface area contributed by atoms with Crippen LogP contribution in [0.2, 0.25) is 0 Å². The molecule has 2 rings (SSSR count). The molecular formula is C17H21N3. The van der Waals surface area contributed by atoms with Crippen molar-refractivity contribution in [1.29, 1.82) is 5.26 Å². The summed E-state index contributed by atoms with van der Waals surface area (Å²) in [4.78, 5) is 0. The minimum Gasteiger partial charge on any atom is -0.350 e. The van der Waals surface area contributed by atoms with Crippen molar-refractivity contribution in [2.75, 3.05) is 7.05 Å². The predicted octanol–water partition coefficient (Wildman–Crippen LogP) is 3.32. The van der Waals surface area contributed by atoms with Crippen molar-refractivity contribution in [3.8, 4) is 6.07 Å². The van der Waals surface area contributed by atoms with E-state index in [9.17, 15) is 0 Å². The maximum Gasteiger partial charge on any atom is 0.0995 e. The summed E-state index contributed by atoms with van der Waals surface area (Å²) >= 11 is 0. The van der Waals surface area contributed by atoms with Crippen molar-refractivity contribution in [1.82, 2.24) is 9.88 Å². The van der Waals surface area contributed by atoms with E-state index in [1.807, 2.05) is 31.3 Å². The first kappa shape index (κ1) is 14.4. The first-order valence-corrected chi connectivity index (χ1v) is 6.96. The number of nitrogens with zero attached hydrogens (tertiary/aromatic N) is 2. The van der Waals surface area contributed by atoms with Gasteiger partial charge < -0.3 is 9.88 Å². The SMILES string of the molecule is CNC(c1ccn(Cc2ccccc2C#N)c1)C(C)C. The number of nitrogens with one attached hydrogen (secondary N) is 1. The molecule has 1 aromatic carbocycles. The van der Waals surface area contributed by atoms with Crippen LogP contribution < -0.4 is 5.32 Å². The molecule has 0 aliphatic carbocycles. The molecule has 0 radical (unpaired) electrons. The van der Waals surface area contributed by atoms with Crippen molar-refractivity contribution >= 4 is 0 Å². The van der Waals surface area contributed by atoms with E-state index in [1.165, 1.54) is 5.56 Å². The molecule has 0 bridgehead atoms. The van der Waals surface area contributed by atoms with Crippen LogP contribution in [-0.2, 0) is 6.54 Å². The van der Waals surface area contributed by atoms with Crippen molar-refractivity contribution in [3.05, 3.63) is 59.4 Å². The first-order chi connectivity index (χ1) is 9.65. The van der Waals surface area contributed by atoms with Crippen LogP contribution in [0.3, 0.4) is 0 Å². The Labute approximate surface area is 120 Å². The standard InChI is InChI=1S/C17H21N3/c1-13(2)17(19-3)16-8-9-20(12-16)11-15-7-5-4-6-14(15)10-18/h4-9,12-13,17,19H,11H2,1-3H3. The fraction of sp³-hybridized carbons (Fsp3) is 0.353. The summed E-state index contributed by atoms with van der Waals surface area (Å²) in [6.45, 7) is 5.16. The van der Waals surface area contributed by atoms with Gasteiger partial charge in [0.2, 0.25) is 0 Å². The Morgan fingerprint density at radius 1 is 1.25 bits per heavy atom. The summed E-state index contributed by atoms with van der Waals surface area (Å²) < 4.78 is 2.14. The van der Waals surface area contributed by atoms with Gasteiger partial charge in [-0.15, -0.1) is 0 Å². The van der Waals surface area contributed by atoms with Crippen LogP contribution in [0, 0.1) is 17.2 Å². The van der Waals surface area contributed by atoms with E-state index in [4.69, 9.17) is 5.26 Å². The summed E-state index contributed by atoms with van der Waals surface area (Å²) in [7, 11) is 1.99. The number of benzene rings is 1. The summed E-state index contributed by atoms with van der Waals surface area (Å²) in [5.41, 5.74) is 3.09. The minimum absolute atomic E-state index is 0.363. The van der Waals surface area contributed by atoms with E-state index in [2.05, 4.69) is 48.3 Å². The number of hydrogen-bond donors (Lipinski definition) is 1. The van der Waals surface area contributed by atoms with Crippen LogP contribution in [-0.4, -0.2) is 11.6 Å². The molecule has 0 amide bonds. The molecule has 0 saturated carbocycles. The Balaban J connectivity index is 2.20. The van der Waals surface area contributed by atoms with E-state index in [1.54, 1.807) is 0 Å². The summed E-state index contributed by atoms with van der Waals surface area (Å²) in [5.74, 6) is 0.544. The third kappa shape index (κ3) is 3.09. The highest BCUT2D eigenvalue weighted by molar-refractivity contribution is 5.37. The van der Waals surface area contributed by atoms with Gasteiger partial charge in [0.05, 0.1) is 11.6 Å². The molecule has 0 spiro atoms. The van der Waals surface area contributed by atoms with Gasteiger partial charge in [0.25, 0.3) is 0 Å². The molecule has 1 heterocycles. The van der Waals surface area contributed by atoms with Gasteiger partial charge in [-0.05, 0) is 36.2 Å². The smallest absolute Gasteiger partial charge is 0.0995 e. The van der Waals surface area contributed by atoms with Gasteiger partial charge in [-0.2, -0.15) is 5.26 Å². The van der Waals surface area contributed by atoms with Crippen LogP contribution >= 0.6 is 0 Å². The fourth-order valence-corrected chi connectivity index (χ4v) is 2.59. The molecule has 0 aliphatic heterocycles. The molecule has 0 aliphatic rings. The molecule has 2 aromatic rings. The first-order valence-electron chi connectivity index (χ1n) is 6.96. The lowest BCUT2D eigenvalue weighted by atomic mass is 9.99. The highest BCUT2D eigenvalue weighted by Crippen LogP contribution is 2.22. The number of nitriles is 1. The lowest BCUT2D eigenvalue weighted by molar-refractivity contribution is 0.443. The Bertz CT molecular complexity index is 605. The molecule has 0 fully saturated rings. The van der Waals surface area contributed by atoms with Gasteiger partial charge in [0, 0.05) is 25.0 Å². The molecule has 0 saturated heterocycles. The van der Waals surface area contributed by atoms with E-state index in [-0.39, 0.29) is 0 Å². The quantitative estimate of drug-likeness (QED) is 0.902. The van der Waals surface area contributed by atoms with Crippen LogP contribution in [0.4, 0.5) is 0 Å². The minimum atomic E-state index is 0.363. The Morgan fingerprint density at radius 3 is 2.65 bits per heavy atom. The maximum absolute atomic E-state index is 9.13. The molecule has 1 atom stereocenters. The zero-order valence-electron chi connectivity index (χ0n) is 12.3. The lowest BCUT2D eigenvalue weighted by Crippen LogP contribution is -2.21. The topological polar surface area (TPSA) is 40.8 Å². The van der Waals surface area contributed by atoms with Gasteiger partial charge >= 0.3 is 0 Å². The number of hydrogen-bond acceptors (Lipinski definition) is 2. The predicted molar refractivity (Wildman–Crippen MR) is 81.3 cm³/mol. The van der Waals surface area contributed by atoms with Gasteiger partial charge in [0.1, 0.15) is 0 Å². The van der Waals surface area contributed by atoms with Crippen molar-refractivity contribution < 1.29 is 0 Å². The van der Waals surface area contributed by atoms with Crippen molar-refractivity contribution in [2.24, 2.45) is 5.92 Å². The highest BCUT2D eigenvalue weighted by Gasteiger charge is 2.14. The Kier molecular flexibility index (Phi) is 4.60. The Morgan fingerprint density at radius 2 is 2.00 bits per heavy atom. The molecule has 1 unspecified atom stereocenters.